The first-order valence-electron chi connectivity index (χ1n) is 8.22. The molecule has 2 atom stereocenters. The van der Waals surface area contributed by atoms with Gasteiger partial charge in [-0.2, -0.15) is 0 Å². The summed E-state index contributed by atoms with van der Waals surface area (Å²) in [6.45, 7) is 4.32. The summed E-state index contributed by atoms with van der Waals surface area (Å²) in [6, 6.07) is 7.64. The Kier molecular flexibility index (Phi) is 6.02. The van der Waals surface area contributed by atoms with E-state index in [0.717, 1.165) is 24.2 Å². The molecule has 5 nitrogen and oxygen atoms in total. The third-order valence-corrected chi connectivity index (χ3v) is 4.18. The van der Waals surface area contributed by atoms with Crippen LogP contribution in [-0.2, 0) is 16.1 Å². The fraction of sp³-hybridized carbons (Fsp3) is 0.556. The highest BCUT2D eigenvalue weighted by Crippen LogP contribution is 2.29. The third kappa shape index (κ3) is 4.98. The molecule has 0 saturated heterocycles. The lowest BCUT2D eigenvalue weighted by Gasteiger charge is -2.25. The molecule has 126 valence electrons. The van der Waals surface area contributed by atoms with Crippen molar-refractivity contribution in [1.82, 2.24) is 5.32 Å². The first-order chi connectivity index (χ1) is 11.0. The number of nitrogens with one attached hydrogen (secondary N) is 1. The van der Waals surface area contributed by atoms with Gasteiger partial charge in [0.05, 0.1) is 12.0 Å². The number of rotatable bonds is 6. The number of carboxylic acid groups (broad SMARTS) is 1. The maximum Gasteiger partial charge on any atom is 0.306 e. The van der Waals surface area contributed by atoms with Gasteiger partial charge in [0, 0.05) is 18.0 Å². The Labute approximate surface area is 137 Å². The molecule has 2 unspecified atom stereocenters. The van der Waals surface area contributed by atoms with E-state index in [-0.39, 0.29) is 17.9 Å². The van der Waals surface area contributed by atoms with Crippen LogP contribution in [-0.4, -0.2) is 23.1 Å². The molecule has 23 heavy (non-hydrogen) atoms. The molecular formula is C18H25NO4. The molecule has 0 bridgehead atoms. The molecule has 1 aliphatic carbocycles. The largest absolute Gasteiger partial charge is 0.491 e. The smallest absolute Gasteiger partial charge is 0.306 e. The molecule has 0 radical (unpaired) electrons. The van der Waals surface area contributed by atoms with Crippen LogP contribution in [0.25, 0.3) is 0 Å². The van der Waals surface area contributed by atoms with E-state index in [4.69, 9.17) is 9.84 Å². The summed E-state index contributed by atoms with van der Waals surface area (Å²) in [5.74, 6) is -0.678. The predicted molar refractivity (Wildman–Crippen MR) is 87.1 cm³/mol. The molecule has 1 aromatic carbocycles. The summed E-state index contributed by atoms with van der Waals surface area (Å²) in [4.78, 5) is 23.4. The number of carbonyl (C=O) groups is 2. The van der Waals surface area contributed by atoms with Crippen LogP contribution < -0.4 is 10.1 Å². The molecule has 2 N–H and O–H groups in total. The van der Waals surface area contributed by atoms with Gasteiger partial charge in [-0.25, -0.2) is 0 Å². The molecule has 1 aliphatic rings. The van der Waals surface area contributed by atoms with Crippen molar-refractivity contribution in [2.75, 3.05) is 0 Å². The van der Waals surface area contributed by atoms with Crippen molar-refractivity contribution in [1.29, 1.82) is 0 Å². The predicted octanol–water partition coefficient (Wildman–Crippen LogP) is 2.98. The van der Waals surface area contributed by atoms with Crippen LogP contribution in [0.3, 0.4) is 0 Å². The van der Waals surface area contributed by atoms with Gasteiger partial charge in [-0.15, -0.1) is 0 Å². The monoisotopic (exact) mass is 319 g/mol. The lowest BCUT2D eigenvalue weighted by molar-refractivity contribution is -0.144. The minimum Gasteiger partial charge on any atom is -0.491 e. The molecule has 2 rings (SSSR count). The van der Waals surface area contributed by atoms with Crippen LogP contribution in [0.5, 0.6) is 5.75 Å². The maximum absolute atomic E-state index is 12.3. The van der Waals surface area contributed by atoms with Gasteiger partial charge >= 0.3 is 5.97 Å². The minimum atomic E-state index is -0.793. The molecule has 0 aromatic heterocycles. The zero-order chi connectivity index (χ0) is 16.8. The van der Waals surface area contributed by atoms with Crippen LogP contribution in [0.1, 0.15) is 45.1 Å². The summed E-state index contributed by atoms with van der Waals surface area (Å²) >= 11 is 0. The molecule has 1 amide bonds. The number of hydrogen-bond donors (Lipinski definition) is 2. The summed E-state index contributed by atoms with van der Waals surface area (Å²) in [5.41, 5.74) is 0.931. The van der Waals surface area contributed by atoms with Crippen LogP contribution >= 0.6 is 0 Å². The van der Waals surface area contributed by atoms with Crippen molar-refractivity contribution in [3.8, 4) is 5.75 Å². The van der Waals surface area contributed by atoms with Crippen LogP contribution in [0, 0.1) is 11.8 Å². The number of carboxylic acids is 1. The van der Waals surface area contributed by atoms with E-state index in [1.165, 1.54) is 0 Å². The first kappa shape index (κ1) is 17.3. The van der Waals surface area contributed by atoms with Gasteiger partial charge in [0.2, 0.25) is 5.91 Å². The van der Waals surface area contributed by atoms with Crippen molar-refractivity contribution in [2.45, 2.75) is 52.2 Å². The summed E-state index contributed by atoms with van der Waals surface area (Å²) in [5, 5.41) is 12.0. The number of aliphatic carboxylic acids is 1. The van der Waals surface area contributed by atoms with Crippen LogP contribution in [0.2, 0.25) is 0 Å². The second-order valence-corrected chi connectivity index (χ2v) is 6.39. The highest BCUT2D eigenvalue weighted by Gasteiger charge is 2.30. The second kappa shape index (κ2) is 7.99. The van der Waals surface area contributed by atoms with Crippen LogP contribution in [0.4, 0.5) is 0 Å². The number of ether oxygens (including phenoxy) is 1. The zero-order valence-electron chi connectivity index (χ0n) is 13.7. The molecule has 1 aromatic rings. The SMILES string of the molecule is CC(C)Oc1ccccc1CNC(=O)C1CCCC(C(=O)O)C1. The van der Waals surface area contributed by atoms with E-state index in [0.29, 0.717) is 19.4 Å². The van der Waals surface area contributed by atoms with Crippen molar-refractivity contribution >= 4 is 11.9 Å². The Balaban J connectivity index is 1.93. The van der Waals surface area contributed by atoms with Gasteiger partial charge in [0.25, 0.3) is 0 Å². The summed E-state index contributed by atoms with van der Waals surface area (Å²) in [7, 11) is 0. The average molecular weight is 319 g/mol. The van der Waals surface area contributed by atoms with E-state index < -0.39 is 11.9 Å². The van der Waals surface area contributed by atoms with Crippen molar-refractivity contribution in [3.05, 3.63) is 29.8 Å². The van der Waals surface area contributed by atoms with Crippen molar-refractivity contribution in [3.63, 3.8) is 0 Å². The third-order valence-electron chi connectivity index (χ3n) is 4.18. The Hall–Kier alpha value is -2.04. The van der Waals surface area contributed by atoms with E-state index in [2.05, 4.69) is 5.32 Å². The topological polar surface area (TPSA) is 75.6 Å². The van der Waals surface area contributed by atoms with E-state index in [1.54, 1.807) is 0 Å². The first-order valence-corrected chi connectivity index (χ1v) is 8.22. The normalized spacial score (nSPS) is 21.0. The standard InChI is InChI=1S/C18H25NO4/c1-12(2)23-16-9-4-3-6-15(16)11-19-17(20)13-7-5-8-14(10-13)18(21)22/h3-4,6,9,12-14H,5,7-8,10-11H2,1-2H3,(H,19,20)(H,21,22). The van der Waals surface area contributed by atoms with E-state index in [9.17, 15) is 9.59 Å². The fourth-order valence-corrected chi connectivity index (χ4v) is 3.00. The lowest BCUT2D eigenvalue weighted by Crippen LogP contribution is -2.35. The van der Waals surface area contributed by atoms with Gasteiger partial charge < -0.3 is 15.2 Å². The van der Waals surface area contributed by atoms with E-state index >= 15 is 0 Å². The molecule has 5 heteroatoms. The van der Waals surface area contributed by atoms with Gasteiger partial charge in [-0.05, 0) is 39.2 Å². The number of carbonyl (C=O) groups excluding carboxylic acids is 1. The average Bonchev–Trinajstić information content (AvgIpc) is 2.53. The van der Waals surface area contributed by atoms with Crippen molar-refractivity contribution < 1.29 is 19.4 Å². The maximum atomic E-state index is 12.3. The fourth-order valence-electron chi connectivity index (χ4n) is 3.00. The summed E-state index contributed by atoms with van der Waals surface area (Å²) < 4.78 is 5.74. The Morgan fingerprint density at radius 1 is 1.26 bits per heavy atom. The van der Waals surface area contributed by atoms with Gasteiger partial charge in [-0.3, -0.25) is 9.59 Å². The lowest BCUT2D eigenvalue weighted by atomic mass is 9.81. The van der Waals surface area contributed by atoms with E-state index in [1.807, 2.05) is 38.1 Å². The number of benzene rings is 1. The number of hydrogen-bond acceptors (Lipinski definition) is 3. The van der Waals surface area contributed by atoms with Gasteiger partial charge in [0.1, 0.15) is 5.75 Å². The van der Waals surface area contributed by atoms with Gasteiger partial charge in [-0.1, -0.05) is 24.6 Å². The molecule has 1 fully saturated rings. The Morgan fingerprint density at radius 2 is 1.96 bits per heavy atom. The Morgan fingerprint density at radius 3 is 2.65 bits per heavy atom. The van der Waals surface area contributed by atoms with Crippen molar-refractivity contribution in [2.24, 2.45) is 11.8 Å². The minimum absolute atomic E-state index is 0.0599. The quantitative estimate of drug-likeness (QED) is 0.845. The molecular weight excluding hydrogens is 294 g/mol. The highest BCUT2D eigenvalue weighted by molar-refractivity contribution is 5.80. The van der Waals surface area contributed by atoms with Gasteiger partial charge in [0.15, 0.2) is 0 Å². The summed E-state index contributed by atoms with van der Waals surface area (Å²) in [6.07, 6.45) is 2.73. The molecule has 1 saturated carbocycles. The number of para-hydroxylation sites is 1. The number of amides is 1. The molecule has 0 aliphatic heterocycles. The zero-order valence-corrected chi connectivity index (χ0v) is 13.7. The second-order valence-electron chi connectivity index (χ2n) is 6.39. The van der Waals surface area contributed by atoms with Crippen LogP contribution in [0.15, 0.2) is 24.3 Å². The molecule has 0 spiro atoms. The highest BCUT2D eigenvalue weighted by atomic mass is 16.5. The molecule has 0 heterocycles. The Bertz CT molecular complexity index is 556.